The van der Waals surface area contributed by atoms with E-state index in [4.69, 9.17) is 4.42 Å². The van der Waals surface area contributed by atoms with E-state index < -0.39 is 0 Å². The van der Waals surface area contributed by atoms with Crippen molar-refractivity contribution < 1.29 is 19.4 Å². The fraction of sp³-hybridized carbons (Fsp3) is 0.267. The molecule has 5 heteroatoms. The minimum absolute atomic E-state index is 0.0676. The smallest absolute Gasteiger partial charge is 0.180 e. The molecule has 1 heterocycles. The summed E-state index contributed by atoms with van der Waals surface area (Å²) in [6.45, 7) is 3.35. The lowest BCUT2D eigenvalue weighted by Gasteiger charge is -2.18. The number of benzene rings is 1. The summed E-state index contributed by atoms with van der Waals surface area (Å²) in [5.41, 5.74) is 0.209. The fourth-order valence-electron chi connectivity index (χ4n) is 1.95. The number of carbonyl (C=O) groups is 1. The van der Waals surface area contributed by atoms with E-state index in [1.807, 2.05) is 17.9 Å². The molecule has 0 aliphatic carbocycles. The molecule has 0 amide bonds. The highest BCUT2D eigenvalue weighted by Gasteiger charge is 2.16. The van der Waals surface area contributed by atoms with E-state index in [2.05, 4.69) is 0 Å². The van der Waals surface area contributed by atoms with Crippen LogP contribution in [0.5, 0.6) is 11.5 Å². The largest absolute Gasteiger partial charge is 0.508 e. The third kappa shape index (κ3) is 3.39. The van der Waals surface area contributed by atoms with Gasteiger partial charge in [-0.25, -0.2) is 0 Å². The van der Waals surface area contributed by atoms with E-state index in [1.165, 1.54) is 12.1 Å². The van der Waals surface area contributed by atoms with E-state index in [0.717, 1.165) is 11.8 Å². The second kappa shape index (κ2) is 6.25. The highest BCUT2D eigenvalue weighted by molar-refractivity contribution is 6.00. The molecule has 0 saturated carbocycles. The summed E-state index contributed by atoms with van der Waals surface area (Å²) in [6.07, 6.45) is 1.59. The van der Waals surface area contributed by atoms with Crippen molar-refractivity contribution in [2.45, 2.75) is 13.5 Å². The summed E-state index contributed by atoms with van der Waals surface area (Å²) in [5, 5.41) is 18.9. The predicted octanol–water partition coefficient (Wildman–Crippen LogP) is 2.40. The Morgan fingerprint density at radius 1 is 1.30 bits per heavy atom. The molecule has 2 rings (SSSR count). The van der Waals surface area contributed by atoms with Crippen molar-refractivity contribution in [1.29, 1.82) is 0 Å². The number of phenolic OH excluding ortho intramolecular Hbond substituents is 2. The van der Waals surface area contributed by atoms with Gasteiger partial charge in [0.05, 0.1) is 24.9 Å². The molecular formula is C15H17NO4. The summed E-state index contributed by atoms with van der Waals surface area (Å²) >= 11 is 0. The first-order valence-electron chi connectivity index (χ1n) is 6.40. The monoisotopic (exact) mass is 275 g/mol. The van der Waals surface area contributed by atoms with Crippen LogP contribution in [0.3, 0.4) is 0 Å². The summed E-state index contributed by atoms with van der Waals surface area (Å²) in [5.74, 6) is 0.316. The zero-order valence-electron chi connectivity index (χ0n) is 11.2. The van der Waals surface area contributed by atoms with Crippen LogP contribution >= 0.6 is 0 Å². The fourth-order valence-corrected chi connectivity index (χ4v) is 1.95. The van der Waals surface area contributed by atoms with Gasteiger partial charge in [0.25, 0.3) is 0 Å². The Labute approximate surface area is 117 Å². The third-order valence-corrected chi connectivity index (χ3v) is 3.06. The van der Waals surface area contributed by atoms with Gasteiger partial charge in [-0.15, -0.1) is 0 Å². The van der Waals surface area contributed by atoms with Crippen LogP contribution < -0.4 is 0 Å². The molecule has 0 aliphatic heterocycles. The van der Waals surface area contributed by atoms with Crippen LogP contribution in [0.4, 0.5) is 0 Å². The van der Waals surface area contributed by atoms with Crippen molar-refractivity contribution in [1.82, 2.24) is 4.90 Å². The van der Waals surface area contributed by atoms with Crippen LogP contribution in [0.1, 0.15) is 23.0 Å². The molecule has 0 fully saturated rings. The molecule has 0 spiro atoms. The molecule has 5 nitrogen and oxygen atoms in total. The van der Waals surface area contributed by atoms with Gasteiger partial charge in [-0.1, -0.05) is 6.92 Å². The molecule has 0 unspecified atom stereocenters. The molecule has 106 valence electrons. The van der Waals surface area contributed by atoms with E-state index in [0.29, 0.717) is 13.1 Å². The van der Waals surface area contributed by atoms with Crippen LogP contribution in [-0.4, -0.2) is 34.0 Å². The quantitative estimate of drug-likeness (QED) is 0.792. The minimum Gasteiger partial charge on any atom is -0.508 e. The number of ketones is 1. The normalized spacial score (nSPS) is 10.9. The minimum atomic E-state index is -0.205. The van der Waals surface area contributed by atoms with Gasteiger partial charge in [0, 0.05) is 6.07 Å². The Morgan fingerprint density at radius 3 is 2.70 bits per heavy atom. The summed E-state index contributed by atoms with van der Waals surface area (Å²) in [7, 11) is 0. The molecule has 1 aromatic carbocycles. The molecule has 2 aromatic rings. The number of nitrogens with zero attached hydrogens (tertiary/aromatic N) is 1. The molecule has 0 atom stereocenters. The SMILES string of the molecule is CCN(CC(=O)c1ccc(O)cc1O)Cc1ccco1. The Balaban J connectivity index is 2.05. The van der Waals surface area contributed by atoms with Crippen LogP contribution in [-0.2, 0) is 6.54 Å². The van der Waals surface area contributed by atoms with E-state index in [1.54, 1.807) is 12.3 Å². The van der Waals surface area contributed by atoms with Crippen LogP contribution in [0.15, 0.2) is 41.0 Å². The standard InChI is InChI=1S/C15H17NO4/c1-2-16(9-12-4-3-7-20-12)10-15(19)13-6-5-11(17)8-14(13)18/h3-8,17-18H,2,9-10H2,1H3. The molecule has 0 saturated heterocycles. The lowest BCUT2D eigenvalue weighted by molar-refractivity contribution is 0.0922. The Bertz CT molecular complexity index is 578. The number of hydrogen-bond donors (Lipinski definition) is 2. The number of carbonyl (C=O) groups excluding carboxylic acids is 1. The van der Waals surface area contributed by atoms with Crippen molar-refractivity contribution in [2.75, 3.05) is 13.1 Å². The van der Waals surface area contributed by atoms with Gasteiger partial charge in [-0.2, -0.15) is 0 Å². The number of aromatic hydroxyl groups is 2. The first-order valence-corrected chi connectivity index (χ1v) is 6.40. The van der Waals surface area contributed by atoms with Crippen molar-refractivity contribution in [3.63, 3.8) is 0 Å². The van der Waals surface area contributed by atoms with Crippen molar-refractivity contribution >= 4 is 5.78 Å². The highest BCUT2D eigenvalue weighted by atomic mass is 16.3. The topological polar surface area (TPSA) is 73.9 Å². The van der Waals surface area contributed by atoms with Gasteiger partial charge in [-0.05, 0) is 30.8 Å². The van der Waals surface area contributed by atoms with Gasteiger partial charge in [0.1, 0.15) is 17.3 Å². The average Bonchev–Trinajstić information content (AvgIpc) is 2.90. The third-order valence-electron chi connectivity index (χ3n) is 3.06. The van der Waals surface area contributed by atoms with Crippen LogP contribution in [0, 0.1) is 0 Å². The number of Topliss-reactive ketones (excluding diaryl/α,β-unsaturated/α-hetero) is 1. The van der Waals surface area contributed by atoms with Crippen LogP contribution in [0.2, 0.25) is 0 Å². The second-order valence-corrected chi connectivity index (χ2v) is 4.51. The number of likely N-dealkylation sites (N-methyl/N-ethyl adjacent to an activating group) is 1. The molecular weight excluding hydrogens is 258 g/mol. The zero-order chi connectivity index (χ0) is 14.5. The lowest BCUT2D eigenvalue weighted by Crippen LogP contribution is -2.29. The maximum atomic E-state index is 12.2. The van der Waals surface area contributed by atoms with Crippen molar-refractivity contribution in [3.8, 4) is 11.5 Å². The lowest BCUT2D eigenvalue weighted by atomic mass is 10.1. The molecule has 20 heavy (non-hydrogen) atoms. The number of phenols is 2. The van der Waals surface area contributed by atoms with Gasteiger partial charge in [0.2, 0.25) is 0 Å². The number of furan rings is 1. The average molecular weight is 275 g/mol. The van der Waals surface area contributed by atoms with E-state index >= 15 is 0 Å². The highest BCUT2D eigenvalue weighted by Crippen LogP contribution is 2.23. The molecule has 0 radical (unpaired) electrons. The summed E-state index contributed by atoms with van der Waals surface area (Å²) in [4.78, 5) is 14.1. The molecule has 0 aliphatic rings. The van der Waals surface area contributed by atoms with Gasteiger partial charge >= 0.3 is 0 Å². The number of rotatable bonds is 6. The Hall–Kier alpha value is -2.27. The maximum absolute atomic E-state index is 12.2. The Kier molecular flexibility index (Phi) is 4.42. The van der Waals surface area contributed by atoms with E-state index in [9.17, 15) is 15.0 Å². The zero-order valence-corrected chi connectivity index (χ0v) is 11.2. The Morgan fingerprint density at radius 2 is 2.10 bits per heavy atom. The molecule has 2 N–H and O–H groups in total. The summed E-state index contributed by atoms with van der Waals surface area (Å²) in [6, 6.07) is 7.63. The van der Waals surface area contributed by atoms with Crippen molar-refractivity contribution in [3.05, 3.63) is 47.9 Å². The van der Waals surface area contributed by atoms with E-state index in [-0.39, 0.29) is 29.4 Å². The summed E-state index contributed by atoms with van der Waals surface area (Å²) < 4.78 is 5.26. The second-order valence-electron chi connectivity index (χ2n) is 4.51. The first-order chi connectivity index (χ1) is 9.60. The maximum Gasteiger partial charge on any atom is 0.180 e. The van der Waals surface area contributed by atoms with Crippen molar-refractivity contribution in [2.24, 2.45) is 0 Å². The number of hydrogen-bond acceptors (Lipinski definition) is 5. The van der Waals surface area contributed by atoms with Gasteiger partial charge in [-0.3, -0.25) is 9.69 Å². The predicted molar refractivity (Wildman–Crippen MR) is 73.8 cm³/mol. The van der Waals surface area contributed by atoms with Crippen LogP contribution in [0.25, 0.3) is 0 Å². The molecule has 0 bridgehead atoms. The first kappa shape index (κ1) is 14.1. The van der Waals surface area contributed by atoms with Gasteiger partial charge in [0.15, 0.2) is 5.78 Å². The molecule has 1 aromatic heterocycles. The van der Waals surface area contributed by atoms with Gasteiger partial charge < -0.3 is 14.6 Å².